The number of rotatable bonds is 8. The van der Waals surface area contributed by atoms with Crippen LogP contribution in [0, 0.1) is 0 Å². The molecule has 2 nitrogen and oxygen atoms in total. The minimum absolute atomic E-state index is 0.311. The van der Waals surface area contributed by atoms with Crippen molar-refractivity contribution in [2.24, 2.45) is 0 Å². The molecule has 1 aliphatic heterocycles. The van der Waals surface area contributed by atoms with Crippen LogP contribution in [0.5, 0.6) is 11.5 Å². The van der Waals surface area contributed by atoms with Gasteiger partial charge in [-0.3, -0.25) is 0 Å². The second kappa shape index (κ2) is 11.2. The third-order valence-corrected chi connectivity index (χ3v) is 14.7. The van der Waals surface area contributed by atoms with Crippen molar-refractivity contribution < 1.29 is 8.85 Å². The number of hydrogen-bond donors (Lipinski definition) is 0. The minimum atomic E-state index is -2.34. The highest BCUT2D eigenvalue weighted by atomic mass is 31.1. The molecule has 0 atom stereocenters. The summed E-state index contributed by atoms with van der Waals surface area (Å²) in [6, 6.07) is 22.6. The Balaban J connectivity index is 1.95. The van der Waals surface area contributed by atoms with Gasteiger partial charge in [0.2, 0.25) is 0 Å². The van der Waals surface area contributed by atoms with E-state index in [-0.39, 0.29) is 15.8 Å². The van der Waals surface area contributed by atoms with Crippen molar-refractivity contribution in [3.63, 3.8) is 0 Å². The average Bonchev–Trinajstić information content (AvgIpc) is 3.13. The van der Waals surface area contributed by atoms with Gasteiger partial charge in [-0.2, -0.15) is 0 Å². The number of hydrogen-bond acceptors (Lipinski definition) is 2. The lowest BCUT2D eigenvalue weighted by Gasteiger charge is -2.29. The van der Waals surface area contributed by atoms with Gasteiger partial charge in [-0.1, -0.05) is 120 Å². The van der Waals surface area contributed by atoms with Gasteiger partial charge in [-0.05, 0) is 56.5 Å². The van der Waals surface area contributed by atoms with Crippen LogP contribution in [0.25, 0.3) is 22.3 Å². The summed E-state index contributed by atoms with van der Waals surface area (Å²) in [5, 5.41) is 2.94. The molecule has 0 aromatic heterocycles. The zero-order valence-electron chi connectivity index (χ0n) is 24.3. The number of benzene rings is 3. The quantitative estimate of drug-likeness (QED) is 0.205. The highest BCUT2D eigenvalue weighted by molar-refractivity contribution is 7.67. The van der Waals surface area contributed by atoms with Crippen molar-refractivity contribution in [1.29, 1.82) is 0 Å². The van der Waals surface area contributed by atoms with Crippen LogP contribution in [0.1, 0.15) is 55.4 Å². The molecule has 0 aliphatic carbocycles. The van der Waals surface area contributed by atoms with E-state index in [0.29, 0.717) is 22.6 Å². The lowest BCUT2D eigenvalue weighted by molar-refractivity contribution is 0.475. The average molecular weight is 551 g/mol. The summed E-state index contributed by atoms with van der Waals surface area (Å²) in [6.07, 6.45) is 0. The molecule has 0 spiro atoms. The molecule has 3 aromatic rings. The predicted octanol–water partition coefficient (Wildman–Crippen LogP) is 9.34. The zero-order valence-corrected chi connectivity index (χ0v) is 27.1. The molecule has 0 radical (unpaired) electrons. The van der Waals surface area contributed by atoms with Gasteiger partial charge in [0.05, 0.1) is 0 Å². The van der Waals surface area contributed by atoms with E-state index in [4.69, 9.17) is 8.85 Å². The summed E-state index contributed by atoms with van der Waals surface area (Å²) in [6.45, 7) is 23.2. The Hall–Kier alpha value is -1.66. The Labute approximate surface area is 229 Å². The Morgan fingerprint density at radius 3 is 1.14 bits per heavy atom. The molecule has 0 fully saturated rings. The predicted molar refractivity (Wildman–Crippen MR) is 170 cm³/mol. The van der Waals surface area contributed by atoms with Crippen molar-refractivity contribution in [2.45, 2.75) is 91.1 Å². The Bertz CT molecular complexity index is 1140. The second-order valence-corrected chi connectivity index (χ2v) is 21.6. The van der Waals surface area contributed by atoms with Gasteiger partial charge in [0, 0.05) is 24.2 Å². The summed E-state index contributed by atoms with van der Waals surface area (Å²) >= 11 is 0. The summed E-state index contributed by atoms with van der Waals surface area (Å²) in [5.41, 5.74) is 7.41. The topological polar surface area (TPSA) is 18.5 Å². The minimum Gasteiger partial charge on any atom is -0.509 e. The molecule has 1 heterocycles. The summed E-state index contributed by atoms with van der Waals surface area (Å²) in [5.74, 6) is 1.88. The molecule has 37 heavy (non-hydrogen) atoms. The third kappa shape index (κ3) is 5.70. The highest BCUT2D eigenvalue weighted by Crippen LogP contribution is 2.54. The van der Waals surface area contributed by atoms with Gasteiger partial charge in [0.15, 0.2) is 11.5 Å². The van der Waals surface area contributed by atoms with Crippen LogP contribution in [-0.4, -0.2) is 31.2 Å². The van der Waals surface area contributed by atoms with Gasteiger partial charge < -0.3 is 8.85 Å². The third-order valence-electron chi connectivity index (χ3n) is 6.98. The molecule has 5 heteroatoms. The van der Waals surface area contributed by atoms with Crippen LogP contribution in [-0.2, 0) is 0 Å². The Morgan fingerprint density at radius 2 is 0.811 bits per heavy atom. The van der Waals surface area contributed by atoms with E-state index in [1.165, 1.54) is 32.9 Å². The summed E-state index contributed by atoms with van der Waals surface area (Å²) in [7, 11) is -2.96. The molecule has 0 amide bonds. The van der Waals surface area contributed by atoms with Gasteiger partial charge in [0.1, 0.15) is 0 Å². The van der Waals surface area contributed by atoms with Crippen LogP contribution in [0.4, 0.5) is 0 Å². The first-order chi connectivity index (χ1) is 17.4. The SMILES string of the molecule is CC(C)P(c1ccccc1-c1ccc(-c2ccccc2P(C(C)C)C(C)C)c2c1O[Si](C)(C)O2)C(C)C. The number of fused-ring (bicyclic) bond motifs is 1. The van der Waals surface area contributed by atoms with E-state index in [0.717, 1.165) is 11.5 Å². The van der Waals surface area contributed by atoms with Gasteiger partial charge >= 0.3 is 8.56 Å². The Morgan fingerprint density at radius 1 is 0.486 bits per heavy atom. The van der Waals surface area contributed by atoms with Crippen LogP contribution in [0.2, 0.25) is 13.1 Å². The molecule has 0 saturated carbocycles. The van der Waals surface area contributed by atoms with E-state index in [9.17, 15) is 0 Å². The highest BCUT2D eigenvalue weighted by Gasteiger charge is 2.41. The summed E-state index contributed by atoms with van der Waals surface area (Å²) in [4.78, 5) is 0. The molecule has 0 unspecified atom stereocenters. The standard InChI is InChI=1S/C32H44O2P2Si/c1-21(2)35(22(3)4)29-17-13-11-15-25(29)27-19-20-28(32-31(27)33-37(9,10)34-32)26-16-12-14-18-30(26)36(23(5)6)24(7)8/h11-24H,1-10H3. The molecule has 4 rings (SSSR count). The molecule has 198 valence electrons. The van der Waals surface area contributed by atoms with Gasteiger partial charge in [-0.15, -0.1) is 0 Å². The molecule has 0 saturated heterocycles. The normalized spacial score (nSPS) is 14.7. The maximum absolute atomic E-state index is 6.72. The first-order valence-corrected chi connectivity index (χ1v) is 19.5. The zero-order chi connectivity index (χ0) is 27.1. The van der Waals surface area contributed by atoms with Crippen molar-refractivity contribution >= 4 is 35.0 Å². The maximum atomic E-state index is 6.72. The van der Waals surface area contributed by atoms with Crippen molar-refractivity contribution in [3.05, 3.63) is 60.7 Å². The van der Waals surface area contributed by atoms with Gasteiger partial charge in [0.25, 0.3) is 0 Å². The van der Waals surface area contributed by atoms with Crippen LogP contribution in [0.15, 0.2) is 60.7 Å². The second-order valence-electron chi connectivity index (χ2n) is 11.6. The smallest absolute Gasteiger partial charge is 0.454 e. The molecular formula is C32H44O2P2Si. The summed E-state index contributed by atoms with van der Waals surface area (Å²) < 4.78 is 13.4. The van der Waals surface area contributed by atoms with Gasteiger partial charge in [-0.25, -0.2) is 0 Å². The fraction of sp³-hybridized carbons (Fsp3) is 0.438. The molecule has 0 N–H and O–H groups in total. The fourth-order valence-electron chi connectivity index (χ4n) is 5.86. The van der Waals surface area contributed by atoms with Crippen molar-refractivity contribution in [2.75, 3.05) is 0 Å². The molecular weight excluding hydrogens is 506 g/mol. The maximum Gasteiger partial charge on any atom is 0.454 e. The Kier molecular flexibility index (Phi) is 8.59. The first-order valence-electron chi connectivity index (χ1n) is 13.7. The van der Waals surface area contributed by atoms with Crippen molar-refractivity contribution in [1.82, 2.24) is 0 Å². The van der Waals surface area contributed by atoms with E-state index in [2.05, 4.69) is 129 Å². The van der Waals surface area contributed by atoms with E-state index < -0.39 is 8.56 Å². The molecule has 1 aliphatic rings. The van der Waals surface area contributed by atoms with E-state index in [1.807, 2.05) is 0 Å². The lowest BCUT2D eigenvalue weighted by atomic mass is 9.98. The van der Waals surface area contributed by atoms with Crippen LogP contribution >= 0.6 is 15.8 Å². The fourth-order valence-corrected chi connectivity index (χ4v) is 13.4. The molecule has 0 bridgehead atoms. The monoisotopic (exact) mass is 550 g/mol. The van der Waals surface area contributed by atoms with E-state index in [1.54, 1.807) is 0 Å². The first kappa shape index (κ1) is 28.3. The largest absolute Gasteiger partial charge is 0.509 e. The molecule has 3 aromatic carbocycles. The van der Waals surface area contributed by atoms with Crippen molar-refractivity contribution in [3.8, 4) is 33.8 Å². The van der Waals surface area contributed by atoms with E-state index >= 15 is 0 Å². The lowest BCUT2D eigenvalue weighted by Crippen LogP contribution is -2.37. The van der Waals surface area contributed by atoms with Crippen LogP contribution < -0.4 is 19.5 Å². The van der Waals surface area contributed by atoms with Crippen LogP contribution in [0.3, 0.4) is 0 Å².